The van der Waals surface area contributed by atoms with Crippen LogP contribution in [0.4, 0.5) is 0 Å². The van der Waals surface area contributed by atoms with Gasteiger partial charge < -0.3 is 9.64 Å². The van der Waals surface area contributed by atoms with E-state index in [-0.39, 0.29) is 23.7 Å². The second-order valence-corrected chi connectivity index (χ2v) is 9.65. The number of amides is 1. The summed E-state index contributed by atoms with van der Waals surface area (Å²) in [4.78, 5) is 14.7. The Kier molecular flexibility index (Phi) is 6.89. The van der Waals surface area contributed by atoms with E-state index in [0.717, 1.165) is 25.9 Å². The van der Waals surface area contributed by atoms with Crippen LogP contribution in [0.25, 0.3) is 0 Å². The first-order valence-corrected chi connectivity index (χ1v) is 11.5. The first kappa shape index (κ1) is 20.3. The molecule has 2 aliphatic heterocycles. The summed E-state index contributed by atoms with van der Waals surface area (Å²) in [7, 11) is -3.14. The fraction of sp³-hybridized carbons (Fsp3) is 0.650. The molecule has 0 aromatic heterocycles. The molecule has 2 fully saturated rings. The third kappa shape index (κ3) is 5.30. The van der Waals surface area contributed by atoms with E-state index in [1.54, 1.807) is 6.92 Å². The number of piperidine rings is 2. The molecule has 0 spiro atoms. The van der Waals surface area contributed by atoms with Crippen molar-refractivity contribution in [2.75, 3.05) is 31.9 Å². The fourth-order valence-electron chi connectivity index (χ4n) is 3.85. The van der Waals surface area contributed by atoms with Gasteiger partial charge in [0.2, 0.25) is 15.9 Å². The number of ether oxygens (including phenoxy) is 1. The van der Waals surface area contributed by atoms with E-state index in [9.17, 15) is 13.2 Å². The molecular weight excluding hydrogens is 364 g/mol. The zero-order valence-electron chi connectivity index (χ0n) is 16.0. The van der Waals surface area contributed by atoms with Crippen LogP contribution in [0.3, 0.4) is 0 Å². The van der Waals surface area contributed by atoms with Crippen LogP contribution >= 0.6 is 0 Å². The topological polar surface area (TPSA) is 66.9 Å². The van der Waals surface area contributed by atoms with Crippen LogP contribution in [0, 0.1) is 5.92 Å². The first-order chi connectivity index (χ1) is 13.0. The number of likely N-dealkylation sites (tertiary alicyclic amines) is 1. The van der Waals surface area contributed by atoms with Gasteiger partial charge in [-0.05, 0) is 38.2 Å². The van der Waals surface area contributed by atoms with Crippen molar-refractivity contribution in [2.45, 2.75) is 45.3 Å². The summed E-state index contributed by atoms with van der Waals surface area (Å²) in [5.74, 6) is 0.266. The molecule has 1 aromatic rings. The molecule has 0 bridgehead atoms. The molecule has 6 nitrogen and oxygen atoms in total. The number of benzene rings is 1. The SMILES string of the molecule is CCS(=O)(=O)N1CCC(C(=O)N2CCC(OCc3ccccc3)CC2)CC1. The van der Waals surface area contributed by atoms with Crippen LogP contribution in [0.1, 0.15) is 38.2 Å². The maximum atomic E-state index is 12.8. The van der Waals surface area contributed by atoms with Crippen molar-refractivity contribution in [2.24, 2.45) is 5.92 Å². The molecule has 7 heteroatoms. The molecule has 150 valence electrons. The van der Waals surface area contributed by atoms with Crippen LogP contribution < -0.4 is 0 Å². The molecule has 27 heavy (non-hydrogen) atoms. The molecule has 1 aromatic carbocycles. The van der Waals surface area contributed by atoms with Crippen LogP contribution in [-0.4, -0.2) is 61.6 Å². The third-order valence-electron chi connectivity index (χ3n) is 5.64. The lowest BCUT2D eigenvalue weighted by Gasteiger charge is -2.36. The number of hydrogen-bond donors (Lipinski definition) is 0. The van der Waals surface area contributed by atoms with Crippen molar-refractivity contribution in [1.82, 2.24) is 9.21 Å². The average Bonchev–Trinajstić information content (AvgIpc) is 2.73. The van der Waals surface area contributed by atoms with Crippen molar-refractivity contribution >= 4 is 15.9 Å². The van der Waals surface area contributed by atoms with E-state index in [1.165, 1.54) is 9.87 Å². The molecule has 0 N–H and O–H groups in total. The number of rotatable bonds is 6. The highest BCUT2D eigenvalue weighted by atomic mass is 32.2. The van der Waals surface area contributed by atoms with Gasteiger partial charge in [-0.3, -0.25) is 4.79 Å². The Hall–Kier alpha value is -1.44. The Bertz CT molecular complexity index is 707. The number of sulfonamides is 1. The zero-order chi connectivity index (χ0) is 19.3. The predicted molar refractivity (Wildman–Crippen MR) is 105 cm³/mol. The monoisotopic (exact) mass is 394 g/mol. The minimum absolute atomic E-state index is 0.0462. The molecule has 0 atom stereocenters. The Morgan fingerprint density at radius 3 is 2.26 bits per heavy atom. The number of carbonyl (C=O) groups is 1. The molecular formula is C20H30N2O4S. The van der Waals surface area contributed by atoms with Gasteiger partial charge >= 0.3 is 0 Å². The van der Waals surface area contributed by atoms with Crippen LogP contribution in [0.5, 0.6) is 0 Å². The quantitative estimate of drug-likeness (QED) is 0.742. The highest BCUT2D eigenvalue weighted by Gasteiger charge is 2.33. The summed E-state index contributed by atoms with van der Waals surface area (Å²) in [6.07, 6.45) is 3.18. The maximum Gasteiger partial charge on any atom is 0.225 e. The van der Waals surface area contributed by atoms with Gasteiger partial charge in [0.05, 0.1) is 18.5 Å². The second kappa shape index (κ2) is 9.17. The van der Waals surface area contributed by atoms with E-state index < -0.39 is 10.0 Å². The minimum Gasteiger partial charge on any atom is -0.373 e. The highest BCUT2D eigenvalue weighted by molar-refractivity contribution is 7.89. The lowest BCUT2D eigenvalue weighted by molar-refractivity contribution is -0.139. The Morgan fingerprint density at radius 1 is 1.04 bits per heavy atom. The van der Waals surface area contributed by atoms with Gasteiger partial charge in [0.25, 0.3) is 0 Å². The molecule has 2 heterocycles. The molecule has 0 aliphatic carbocycles. The van der Waals surface area contributed by atoms with Crippen molar-refractivity contribution < 1.29 is 17.9 Å². The predicted octanol–water partition coefficient (Wildman–Crippen LogP) is 2.26. The first-order valence-electron chi connectivity index (χ1n) is 9.91. The van der Waals surface area contributed by atoms with E-state index in [2.05, 4.69) is 12.1 Å². The van der Waals surface area contributed by atoms with E-state index in [0.29, 0.717) is 32.5 Å². The van der Waals surface area contributed by atoms with Crippen molar-refractivity contribution in [3.8, 4) is 0 Å². The van der Waals surface area contributed by atoms with E-state index in [4.69, 9.17) is 4.74 Å². The van der Waals surface area contributed by atoms with Gasteiger partial charge in [0.15, 0.2) is 0 Å². The largest absolute Gasteiger partial charge is 0.373 e. The van der Waals surface area contributed by atoms with Gasteiger partial charge in [0.1, 0.15) is 0 Å². The van der Waals surface area contributed by atoms with E-state index in [1.807, 2.05) is 23.1 Å². The smallest absolute Gasteiger partial charge is 0.225 e. The van der Waals surface area contributed by atoms with Crippen LogP contribution in [0.15, 0.2) is 30.3 Å². The standard InChI is InChI=1S/C20H30N2O4S/c1-2-27(24,25)22-14-8-18(9-15-22)20(23)21-12-10-19(11-13-21)26-16-17-6-4-3-5-7-17/h3-7,18-19H,2,8-16H2,1H3. The molecule has 0 saturated carbocycles. The van der Waals surface area contributed by atoms with E-state index >= 15 is 0 Å². The lowest BCUT2D eigenvalue weighted by Crippen LogP contribution is -2.47. The van der Waals surface area contributed by atoms with Crippen LogP contribution in [0.2, 0.25) is 0 Å². The van der Waals surface area contributed by atoms with Crippen molar-refractivity contribution in [3.63, 3.8) is 0 Å². The maximum absolute atomic E-state index is 12.8. The van der Waals surface area contributed by atoms with Gasteiger partial charge in [-0.25, -0.2) is 12.7 Å². The van der Waals surface area contributed by atoms with Gasteiger partial charge in [0, 0.05) is 32.1 Å². The highest BCUT2D eigenvalue weighted by Crippen LogP contribution is 2.24. The Morgan fingerprint density at radius 2 is 1.67 bits per heavy atom. The summed E-state index contributed by atoms with van der Waals surface area (Å²) in [6, 6.07) is 10.1. The zero-order valence-corrected chi connectivity index (χ0v) is 16.9. The molecule has 0 radical (unpaired) electrons. The normalized spacial score (nSPS) is 20.7. The molecule has 1 amide bonds. The number of carbonyl (C=O) groups excluding carboxylic acids is 1. The van der Waals surface area contributed by atoms with Gasteiger partial charge in [-0.2, -0.15) is 0 Å². The van der Waals surface area contributed by atoms with Crippen molar-refractivity contribution in [1.29, 1.82) is 0 Å². The summed E-state index contributed by atoms with van der Waals surface area (Å²) >= 11 is 0. The van der Waals surface area contributed by atoms with Crippen LogP contribution in [-0.2, 0) is 26.2 Å². The third-order valence-corrected chi connectivity index (χ3v) is 7.53. The summed E-state index contributed by atoms with van der Waals surface area (Å²) < 4.78 is 31.4. The molecule has 2 saturated heterocycles. The number of nitrogens with zero attached hydrogens (tertiary/aromatic N) is 2. The summed E-state index contributed by atoms with van der Waals surface area (Å²) in [6.45, 7) is 4.66. The van der Waals surface area contributed by atoms with Gasteiger partial charge in [-0.15, -0.1) is 0 Å². The Labute approximate surface area is 162 Å². The van der Waals surface area contributed by atoms with Gasteiger partial charge in [-0.1, -0.05) is 30.3 Å². The second-order valence-electron chi connectivity index (χ2n) is 7.40. The Balaban J connectivity index is 1.41. The summed E-state index contributed by atoms with van der Waals surface area (Å²) in [5, 5.41) is 0. The lowest BCUT2D eigenvalue weighted by atomic mass is 9.95. The van der Waals surface area contributed by atoms with Crippen molar-refractivity contribution in [3.05, 3.63) is 35.9 Å². The molecule has 2 aliphatic rings. The average molecular weight is 395 g/mol. The molecule has 3 rings (SSSR count). The fourth-order valence-corrected chi connectivity index (χ4v) is 4.99. The number of hydrogen-bond acceptors (Lipinski definition) is 4. The minimum atomic E-state index is -3.14. The summed E-state index contributed by atoms with van der Waals surface area (Å²) in [5.41, 5.74) is 1.17. The molecule has 0 unspecified atom stereocenters.